The summed E-state index contributed by atoms with van der Waals surface area (Å²) in [6.07, 6.45) is 0.357. The van der Waals surface area contributed by atoms with Crippen molar-refractivity contribution < 1.29 is 14.6 Å². The van der Waals surface area contributed by atoms with Gasteiger partial charge in [0.1, 0.15) is 11.4 Å². The van der Waals surface area contributed by atoms with Crippen molar-refractivity contribution >= 4 is 6.09 Å². The molecule has 0 bridgehead atoms. The van der Waals surface area contributed by atoms with E-state index in [9.17, 15) is 9.90 Å². The maximum Gasteiger partial charge on any atom is 0.410 e. The van der Waals surface area contributed by atoms with Crippen molar-refractivity contribution in [3.8, 4) is 5.75 Å². The lowest BCUT2D eigenvalue weighted by Crippen LogP contribution is -2.45. The molecular weight excluding hydrogens is 242 g/mol. The van der Waals surface area contributed by atoms with Crippen LogP contribution in [0.1, 0.15) is 38.8 Å². The van der Waals surface area contributed by atoms with Gasteiger partial charge in [-0.3, -0.25) is 0 Å². The number of ether oxygens (including phenoxy) is 1. The van der Waals surface area contributed by atoms with E-state index in [1.165, 1.54) is 0 Å². The van der Waals surface area contributed by atoms with Crippen molar-refractivity contribution in [2.75, 3.05) is 0 Å². The molecule has 1 aromatic rings. The van der Waals surface area contributed by atoms with Crippen LogP contribution >= 0.6 is 0 Å². The van der Waals surface area contributed by atoms with E-state index in [4.69, 9.17) is 4.74 Å². The van der Waals surface area contributed by atoms with Gasteiger partial charge in [0.2, 0.25) is 0 Å². The molecule has 0 aliphatic carbocycles. The first-order chi connectivity index (χ1) is 8.78. The molecule has 2 rings (SSSR count). The zero-order valence-electron chi connectivity index (χ0n) is 11.9. The van der Waals surface area contributed by atoms with E-state index in [0.717, 1.165) is 11.1 Å². The second kappa shape index (κ2) is 4.76. The van der Waals surface area contributed by atoms with Crippen LogP contribution in [0.25, 0.3) is 0 Å². The van der Waals surface area contributed by atoms with Gasteiger partial charge in [0, 0.05) is 18.2 Å². The van der Waals surface area contributed by atoms with Gasteiger partial charge in [0.05, 0.1) is 0 Å². The number of benzene rings is 1. The Morgan fingerprint density at radius 1 is 1.42 bits per heavy atom. The molecule has 0 spiro atoms. The lowest BCUT2D eigenvalue weighted by atomic mass is 9.94. The lowest BCUT2D eigenvalue weighted by Gasteiger charge is -2.36. The molecule has 0 saturated carbocycles. The molecule has 1 N–H and O–H groups in total. The van der Waals surface area contributed by atoms with Gasteiger partial charge in [-0.1, -0.05) is 12.1 Å². The van der Waals surface area contributed by atoms with Gasteiger partial charge in [-0.15, -0.1) is 0 Å². The van der Waals surface area contributed by atoms with Crippen LogP contribution in [0.15, 0.2) is 18.2 Å². The van der Waals surface area contributed by atoms with E-state index in [0.29, 0.717) is 18.7 Å². The first-order valence-electron chi connectivity index (χ1n) is 6.57. The summed E-state index contributed by atoms with van der Waals surface area (Å²) in [6.45, 7) is 8.04. The highest BCUT2D eigenvalue weighted by atomic mass is 16.6. The predicted molar refractivity (Wildman–Crippen MR) is 73.0 cm³/mol. The summed E-state index contributed by atoms with van der Waals surface area (Å²) in [7, 11) is 0. The summed E-state index contributed by atoms with van der Waals surface area (Å²) in [5.74, 6) is 0.313. The van der Waals surface area contributed by atoms with E-state index in [1.54, 1.807) is 17.0 Å². The third-order valence-electron chi connectivity index (χ3n) is 3.25. The highest BCUT2D eigenvalue weighted by Crippen LogP contribution is 2.30. The number of rotatable bonds is 0. The third-order valence-corrected chi connectivity index (χ3v) is 3.25. The number of aromatic hydroxyl groups is 1. The second-order valence-corrected chi connectivity index (χ2v) is 6.08. The maximum absolute atomic E-state index is 12.2. The predicted octanol–water partition coefficient (Wildman–Crippen LogP) is 3.07. The molecule has 104 valence electrons. The fraction of sp³-hybridized carbons (Fsp3) is 0.533. The number of hydrogen-bond donors (Lipinski definition) is 1. The normalized spacial score (nSPS) is 18.9. The standard InChI is InChI=1S/C15H21NO3/c1-10-8-12-11(6-5-7-13(12)17)9-16(10)14(18)19-15(2,3)4/h5-7,10,17H,8-9H2,1-4H3. The summed E-state index contributed by atoms with van der Waals surface area (Å²) < 4.78 is 5.42. The minimum atomic E-state index is -0.490. The summed E-state index contributed by atoms with van der Waals surface area (Å²) in [5.41, 5.74) is 1.44. The molecule has 0 fully saturated rings. The Kier molecular flexibility index (Phi) is 3.43. The third kappa shape index (κ3) is 3.00. The molecule has 1 aliphatic rings. The summed E-state index contributed by atoms with van der Waals surface area (Å²) in [5, 5.41) is 9.85. The molecule has 1 amide bonds. The minimum Gasteiger partial charge on any atom is -0.508 e. The largest absolute Gasteiger partial charge is 0.508 e. The first kappa shape index (κ1) is 13.7. The van der Waals surface area contributed by atoms with Crippen molar-refractivity contribution in [1.29, 1.82) is 0 Å². The SMILES string of the molecule is CC1Cc2c(O)cccc2CN1C(=O)OC(C)(C)C. The van der Waals surface area contributed by atoms with E-state index < -0.39 is 5.60 Å². The average Bonchev–Trinajstić information content (AvgIpc) is 2.27. The Morgan fingerprint density at radius 2 is 2.11 bits per heavy atom. The zero-order chi connectivity index (χ0) is 14.2. The number of nitrogens with zero attached hydrogens (tertiary/aromatic N) is 1. The van der Waals surface area contributed by atoms with Crippen molar-refractivity contribution in [2.45, 2.75) is 52.3 Å². The van der Waals surface area contributed by atoms with Gasteiger partial charge < -0.3 is 14.7 Å². The maximum atomic E-state index is 12.2. The molecule has 1 aromatic carbocycles. The highest BCUT2D eigenvalue weighted by Gasteiger charge is 2.31. The quantitative estimate of drug-likeness (QED) is 0.782. The van der Waals surface area contributed by atoms with E-state index >= 15 is 0 Å². The van der Waals surface area contributed by atoms with Crippen molar-refractivity contribution in [1.82, 2.24) is 4.90 Å². The number of phenols is 1. The smallest absolute Gasteiger partial charge is 0.410 e. The van der Waals surface area contributed by atoms with Gasteiger partial charge in [-0.05, 0) is 45.7 Å². The van der Waals surface area contributed by atoms with Crippen molar-refractivity contribution in [2.24, 2.45) is 0 Å². The number of hydrogen-bond acceptors (Lipinski definition) is 3. The Bertz CT molecular complexity index is 491. The van der Waals surface area contributed by atoms with Crippen molar-refractivity contribution in [3.63, 3.8) is 0 Å². The van der Waals surface area contributed by atoms with Gasteiger partial charge in [-0.25, -0.2) is 4.79 Å². The fourth-order valence-electron chi connectivity index (χ4n) is 2.31. The van der Waals surface area contributed by atoms with Gasteiger partial charge >= 0.3 is 6.09 Å². The van der Waals surface area contributed by atoms with Crippen LogP contribution in [0, 0.1) is 0 Å². The molecule has 0 saturated heterocycles. The van der Waals surface area contributed by atoms with Gasteiger partial charge in [0.25, 0.3) is 0 Å². The Balaban J connectivity index is 2.20. The first-order valence-corrected chi connectivity index (χ1v) is 6.57. The lowest BCUT2D eigenvalue weighted by molar-refractivity contribution is 0.0137. The van der Waals surface area contributed by atoms with Gasteiger partial charge in [0.15, 0.2) is 0 Å². The van der Waals surface area contributed by atoms with Crippen LogP contribution < -0.4 is 0 Å². The van der Waals surface area contributed by atoms with E-state index in [-0.39, 0.29) is 12.1 Å². The molecule has 1 atom stereocenters. The fourth-order valence-corrected chi connectivity index (χ4v) is 2.31. The second-order valence-electron chi connectivity index (χ2n) is 6.08. The molecule has 0 aromatic heterocycles. The van der Waals surface area contributed by atoms with Crippen LogP contribution in [0.2, 0.25) is 0 Å². The molecule has 1 aliphatic heterocycles. The van der Waals surface area contributed by atoms with Gasteiger partial charge in [-0.2, -0.15) is 0 Å². The minimum absolute atomic E-state index is 0.0237. The monoisotopic (exact) mass is 263 g/mol. The van der Waals surface area contributed by atoms with Crippen LogP contribution in [0.4, 0.5) is 4.79 Å². The highest BCUT2D eigenvalue weighted by molar-refractivity contribution is 5.69. The van der Waals surface area contributed by atoms with Crippen LogP contribution in [0.5, 0.6) is 5.75 Å². The topological polar surface area (TPSA) is 49.8 Å². The number of amides is 1. The zero-order valence-corrected chi connectivity index (χ0v) is 11.9. The molecule has 19 heavy (non-hydrogen) atoms. The Morgan fingerprint density at radius 3 is 2.74 bits per heavy atom. The average molecular weight is 263 g/mol. The van der Waals surface area contributed by atoms with E-state index in [1.807, 2.05) is 33.8 Å². The number of fused-ring (bicyclic) bond motifs is 1. The Hall–Kier alpha value is -1.71. The molecule has 4 heteroatoms. The Labute approximate surface area is 114 Å². The summed E-state index contributed by atoms with van der Waals surface area (Å²) in [6, 6.07) is 5.46. The molecular formula is C15H21NO3. The van der Waals surface area contributed by atoms with E-state index in [2.05, 4.69) is 0 Å². The molecule has 1 heterocycles. The number of carbonyl (C=O) groups excluding carboxylic acids is 1. The number of carbonyl (C=O) groups is 1. The van der Waals surface area contributed by atoms with Crippen LogP contribution in [0.3, 0.4) is 0 Å². The number of phenolic OH excluding ortho intramolecular Hbond substituents is 1. The molecule has 4 nitrogen and oxygen atoms in total. The van der Waals surface area contributed by atoms with Crippen LogP contribution in [-0.2, 0) is 17.7 Å². The van der Waals surface area contributed by atoms with Crippen LogP contribution in [-0.4, -0.2) is 27.7 Å². The summed E-state index contributed by atoms with van der Waals surface area (Å²) >= 11 is 0. The summed E-state index contributed by atoms with van der Waals surface area (Å²) in [4.78, 5) is 13.9. The molecule has 1 unspecified atom stereocenters. The van der Waals surface area contributed by atoms with Crippen molar-refractivity contribution in [3.05, 3.63) is 29.3 Å². The molecule has 0 radical (unpaired) electrons.